The number of ether oxygens (including phenoxy) is 1. The van der Waals surface area contributed by atoms with E-state index in [1.165, 1.54) is 22.3 Å². The molecule has 0 heterocycles. The molecule has 5 nitrogen and oxygen atoms in total. The number of hydrogen-bond acceptors (Lipinski definition) is 3. The normalized spacial score (nSPS) is 32.4. The highest BCUT2D eigenvalue weighted by molar-refractivity contribution is 5.79. The van der Waals surface area contributed by atoms with E-state index in [0.29, 0.717) is 18.3 Å². The first-order chi connectivity index (χ1) is 15.0. The number of aliphatic carboxylic acids is 1. The number of carboxylic acid groups (broad SMARTS) is 1. The van der Waals surface area contributed by atoms with Crippen molar-refractivity contribution >= 4 is 12.1 Å². The lowest BCUT2D eigenvalue weighted by atomic mass is 9.47. The molecule has 0 radical (unpaired) electrons. The van der Waals surface area contributed by atoms with Crippen LogP contribution >= 0.6 is 0 Å². The van der Waals surface area contributed by atoms with Gasteiger partial charge in [0.15, 0.2) is 0 Å². The average molecular weight is 418 g/mol. The van der Waals surface area contributed by atoms with Crippen LogP contribution in [-0.4, -0.2) is 29.3 Å². The first-order valence-corrected chi connectivity index (χ1v) is 11.3. The largest absolute Gasteiger partial charge is 0.481 e. The van der Waals surface area contributed by atoms with Crippen LogP contribution in [0.4, 0.5) is 4.79 Å². The van der Waals surface area contributed by atoms with Crippen LogP contribution in [0, 0.1) is 17.3 Å². The summed E-state index contributed by atoms with van der Waals surface area (Å²) in [6.45, 7) is 0.285. The first kappa shape index (κ1) is 18.9. The number of benzene rings is 2. The monoisotopic (exact) mass is 417 g/mol. The Morgan fingerprint density at radius 3 is 2.10 bits per heavy atom. The Morgan fingerprint density at radius 1 is 0.935 bits per heavy atom. The smallest absolute Gasteiger partial charge is 0.407 e. The second kappa shape index (κ2) is 6.59. The van der Waals surface area contributed by atoms with Crippen molar-refractivity contribution in [2.24, 2.45) is 17.3 Å². The van der Waals surface area contributed by atoms with Gasteiger partial charge in [-0.2, -0.15) is 0 Å². The van der Waals surface area contributed by atoms with E-state index in [-0.39, 0.29) is 12.5 Å². The molecule has 0 aliphatic heterocycles. The SMILES string of the molecule is O=C(NC12C[C@H]3C[C@@H](C1)CC(C(=O)O)(C3)C2)OCC1c2ccccc2-c2ccccc21. The van der Waals surface area contributed by atoms with E-state index in [0.717, 1.165) is 32.1 Å². The fraction of sp³-hybridized carbons (Fsp3) is 0.462. The molecule has 2 unspecified atom stereocenters. The summed E-state index contributed by atoms with van der Waals surface area (Å²) in [5.74, 6) is 0.123. The molecule has 0 saturated heterocycles. The van der Waals surface area contributed by atoms with Crippen molar-refractivity contribution in [3.05, 3.63) is 59.7 Å². The number of carboxylic acids is 1. The van der Waals surface area contributed by atoms with Gasteiger partial charge in [0.1, 0.15) is 6.61 Å². The summed E-state index contributed by atoms with van der Waals surface area (Å²) in [6.07, 6.45) is 4.49. The number of alkyl carbamates (subject to hydrolysis) is 1. The van der Waals surface area contributed by atoms with Crippen LogP contribution in [0.3, 0.4) is 0 Å². The minimum Gasteiger partial charge on any atom is -0.481 e. The lowest BCUT2D eigenvalue weighted by molar-refractivity contribution is -0.168. The van der Waals surface area contributed by atoms with Gasteiger partial charge in [-0.05, 0) is 72.6 Å². The summed E-state index contributed by atoms with van der Waals surface area (Å²) in [5.41, 5.74) is 3.70. The maximum Gasteiger partial charge on any atom is 0.407 e. The van der Waals surface area contributed by atoms with Crippen molar-refractivity contribution in [2.75, 3.05) is 6.61 Å². The summed E-state index contributed by atoms with van der Waals surface area (Å²) in [4.78, 5) is 25.0. The van der Waals surface area contributed by atoms with Crippen LogP contribution in [0.5, 0.6) is 0 Å². The topological polar surface area (TPSA) is 75.6 Å². The highest BCUT2D eigenvalue weighted by Gasteiger charge is 2.61. The van der Waals surface area contributed by atoms with Gasteiger partial charge in [-0.1, -0.05) is 48.5 Å². The molecule has 0 spiro atoms. The van der Waals surface area contributed by atoms with Crippen molar-refractivity contribution in [3.8, 4) is 11.1 Å². The summed E-state index contributed by atoms with van der Waals surface area (Å²) in [6, 6.07) is 16.6. The lowest BCUT2D eigenvalue weighted by Crippen LogP contribution is -2.64. The summed E-state index contributed by atoms with van der Waals surface area (Å²) in [5, 5.41) is 13.1. The number of amides is 1. The van der Waals surface area contributed by atoms with Crippen LogP contribution in [0.1, 0.15) is 55.6 Å². The molecule has 160 valence electrons. The summed E-state index contributed by atoms with van der Waals surface area (Å²) >= 11 is 0. The molecule has 31 heavy (non-hydrogen) atoms. The minimum atomic E-state index is -0.694. The molecule has 7 rings (SSSR count). The molecule has 2 aromatic carbocycles. The number of rotatable bonds is 4. The van der Waals surface area contributed by atoms with Crippen molar-refractivity contribution in [3.63, 3.8) is 0 Å². The quantitative estimate of drug-likeness (QED) is 0.738. The Bertz CT molecular complexity index is 1020. The van der Waals surface area contributed by atoms with E-state index in [1.807, 2.05) is 24.3 Å². The van der Waals surface area contributed by atoms with Gasteiger partial charge in [0, 0.05) is 11.5 Å². The lowest BCUT2D eigenvalue weighted by Gasteiger charge is -2.60. The fourth-order valence-corrected chi connectivity index (χ4v) is 7.51. The Balaban J connectivity index is 1.19. The Hall–Kier alpha value is -2.82. The van der Waals surface area contributed by atoms with Gasteiger partial charge in [0.2, 0.25) is 0 Å². The molecule has 0 aromatic heterocycles. The van der Waals surface area contributed by atoms with E-state index in [2.05, 4.69) is 29.6 Å². The molecule has 5 heteroatoms. The number of carbonyl (C=O) groups excluding carboxylic acids is 1. The molecule has 1 amide bonds. The zero-order valence-corrected chi connectivity index (χ0v) is 17.5. The molecule has 2 N–H and O–H groups in total. The molecular formula is C26H27NO4. The maximum absolute atomic E-state index is 12.9. The molecular weight excluding hydrogens is 390 g/mol. The van der Waals surface area contributed by atoms with Gasteiger partial charge in [-0.15, -0.1) is 0 Å². The number of carbonyl (C=O) groups is 2. The highest BCUT2D eigenvalue weighted by Crippen LogP contribution is 2.61. The Labute approximate surface area is 181 Å². The zero-order valence-electron chi connectivity index (χ0n) is 17.5. The van der Waals surface area contributed by atoms with Crippen LogP contribution in [0.2, 0.25) is 0 Å². The first-order valence-electron chi connectivity index (χ1n) is 11.3. The van der Waals surface area contributed by atoms with Gasteiger partial charge < -0.3 is 15.2 Å². The third kappa shape index (κ3) is 2.89. The number of fused-ring (bicyclic) bond motifs is 3. The maximum atomic E-state index is 12.9. The number of hydrogen-bond donors (Lipinski definition) is 2. The average Bonchev–Trinajstić information content (AvgIpc) is 3.05. The number of nitrogens with one attached hydrogen (secondary N) is 1. The van der Waals surface area contributed by atoms with Crippen molar-refractivity contribution in [1.82, 2.24) is 5.32 Å². The molecule has 4 saturated carbocycles. The minimum absolute atomic E-state index is 0.0277. The van der Waals surface area contributed by atoms with E-state index < -0.39 is 23.0 Å². The van der Waals surface area contributed by atoms with Gasteiger partial charge in [-0.3, -0.25) is 4.79 Å². The predicted octanol–water partition coefficient (Wildman–Crippen LogP) is 4.95. The molecule has 4 atom stereocenters. The van der Waals surface area contributed by atoms with Gasteiger partial charge in [0.25, 0.3) is 0 Å². The molecule has 4 bridgehead atoms. The molecule has 5 aliphatic rings. The molecule has 5 aliphatic carbocycles. The van der Waals surface area contributed by atoms with Crippen LogP contribution < -0.4 is 5.32 Å². The second-order valence-electron chi connectivity index (χ2n) is 10.3. The third-order valence-corrected chi connectivity index (χ3v) is 8.23. The van der Waals surface area contributed by atoms with Gasteiger partial charge in [-0.25, -0.2) is 4.79 Å². The van der Waals surface area contributed by atoms with Gasteiger partial charge in [0.05, 0.1) is 5.41 Å². The van der Waals surface area contributed by atoms with Crippen molar-refractivity contribution in [1.29, 1.82) is 0 Å². The van der Waals surface area contributed by atoms with Gasteiger partial charge >= 0.3 is 12.1 Å². The van der Waals surface area contributed by atoms with Crippen LogP contribution in [-0.2, 0) is 9.53 Å². The molecule has 4 fully saturated rings. The zero-order chi connectivity index (χ0) is 21.2. The Kier molecular flexibility index (Phi) is 4.02. The summed E-state index contributed by atoms with van der Waals surface area (Å²) in [7, 11) is 0. The van der Waals surface area contributed by atoms with Crippen LogP contribution in [0.25, 0.3) is 11.1 Å². The third-order valence-electron chi connectivity index (χ3n) is 8.23. The highest BCUT2D eigenvalue weighted by atomic mass is 16.5. The van der Waals surface area contributed by atoms with E-state index in [4.69, 9.17) is 4.74 Å². The fourth-order valence-electron chi connectivity index (χ4n) is 7.51. The van der Waals surface area contributed by atoms with Crippen LogP contribution in [0.15, 0.2) is 48.5 Å². The second-order valence-corrected chi connectivity index (χ2v) is 10.3. The Morgan fingerprint density at radius 2 is 1.52 bits per heavy atom. The van der Waals surface area contributed by atoms with E-state index in [9.17, 15) is 14.7 Å². The van der Waals surface area contributed by atoms with Crippen molar-refractivity contribution in [2.45, 2.75) is 50.0 Å². The van der Waals surface area contributed by atoms with E-state index >= 15 is 0 Å². The van der Waals surface area contributed by atoms with E-state index in [1.54, 1.807) is 0 Å². The predicted molar refractivity (Wildman–Crippen MR) is 116 cm³/mol. The standard InChI is InChI=1S/C26H27NO4/c28-23(29)25-10-16-9-17(11-25)13-26(12-16,15-25)27-24(30)31-14-22-20-7-3-1-5-18(20)19-6-2-4-8-21(19)22/h1-8,16-17,22H,9-15H2,(H,27,30)(H,28,29)/t16-,17+,25?,26?. The van der Waals surface area contributed by atoms with Crippen molar-refractivity contribution < 1.29 is 19.4 Å². The summed E-state index contributed by atoms with van der Waals surface area (Å²) < 4.78 is 5.77. The molecule has 2 aromatic rings.